The van der Waals surface area contributed by atoms with E-state index in [2.05, 4.69) is 26.9 Å². The summed E-state index contributed by atoms with van der Waals surface area (Å²) in [6.07, 6.45) is 3.69. The van der Waals surface area contributed by atoms with Gasteiger partial charge in [-0.05, 0) is 13.3 Å². The first-order valence-electron chi connectivity index (χ1n) is 5.34. The lowest BCUT2D eigenvalue weighted by Gasteiger charge is -2.13. The fraction of sp³-hybridized carbons (Fsp3) is 0.500. The Kier molecular flexibility index (Phi) is 2.89. The third-order valence-corrected chi connectivity index (χ3v) is 2.28. The van der Waals surface area contributed by atoms with Crippen LogP contribution in [0.3, 0.4) is 0 Å². The molecule has 0 saturated carbocycles. The normalized spacial score (nSPS) is 12.9. The summed E-state index contributed by atoms with van der Waals surface area (Å²) in [5.74, 6) is 0.652. The standard InChI is InChI=1S/C10H15N5O/c1-3-4-6(2)16-9-7-8(13-5-12-7)14-10(11)15-9/h5-6H,3-4H2,1-2H3,(H3,11,12,13,14,15). The summed E-state index contributed by atoms with van der Waals surface area (Å²) in [6.45, 7) is 4.12. The highest BCUT2D eigenvalue weighted by Gasteiger charge is 2.12. The first-order chi connectivity index (χ1) is 7.70. The molecule has 2 heterocycles. The summed E-state index contributed by atoms with van der Waals surface area (Å²) < 4.78 is 5.70. The van der Waals surface area contributed by atoms with Crippen LogP contribution in [0.15, 0.2) is 6.33 Å². The fourth-order valence-corrected chi connectivity index (χ4v) is 1.56. The van der Waals surface area contributed by atoms with Gasteiger partial charge in [0.2, 0.25) is 11.8 Å². The summed E-state index contributed by atoms with van der Waals surface area (Å²) in [4.78, 5) is 15.0. The Hall–Kier alpha value is -1.85. The Balaban J connectivity index is 2.31. The van der Waals surface area contributed by atoms with Crippen molar-refractivity contribution < 1.29 is 4.74 Å². The maximum absolute atomic E-state index is 5.70. The van der Waals surface area contributed by atoms with Crippen LogP contribution in [0, 0.1) is 0 Å². The average Bonchev–Trinajstić information content (AvgIpc) is 2.65. The molecule has 0 amide bonds. The number of nitrogens with one attached hydrogen (secondary N) is 1. The molecule has 0 bridgehead atoms. The maximum Gasteiger partial charge on any atom is 0.245 e. The van der Waals surface area contributed by atoms with Gasteiger partial charge in [-0.1, -0.05) is 13.3 Å². The average molecular weight is 221 g/mol. The lowest BCUT2D eigenvalue weighted by Crippen LogP contribution is -2.13. The maximum atomic E-state index is 5.70. The number of hydrogen-bond acceptors (Lipinski definition) is 5. The Bertz CT molecular complexity index is 481. The molecular weight excluding hydrogens is 206 g/mol. The number of aromatic amines is 1. The predicted octanol–water partition coefficient (Wildman–Crippen LogP) is 1.50. The third-order valence-electron chi connectivity index (χ3n) is 2.28. The summed E-state index contributed by atoms with van der Waals surface area (Å²) in [7, 11) is 0. The second-order valence-electron chi connectivity index (χ2n) is 3.71. The molecule has 1 atom stereocenters. The predicted molar refractivity (Wildman–Crippen MR) is 61.1 cm³/mol. The van der Waals surface area contributed by atoms with Crippen LogP contribution in [0.2, 0.25) is 0 Å². The first-order valence-corrected chi connectivity index (χ1v) is 5.34. The van der Waals surface area contributed by atoms with Crippen LogP contribution in [0.25, 0.3) is 11.2 Å². The quantitative estimate of drug-likeness (QED) is 0.816. The van der Waals surface area contributed by atoms with Crippen LogP contribution in [0.1, 0.15) is 26.7 Å². The number of nitrogens with zero attached hydrogens (tertiary/aromatic N) is 3. The van der Waals surface area contributed by atoms with Gasteiger partial charge in [-0.15, -0.1) is 0 Å². The van der Waals surface area contributed by atoms with E-state index in [0.29, 0.717) is 17.0 Å². The van der Waals surface area contributed by atoms with Gasteiger partial charge in [-0.2, -0.15) is 9.97 Å². The molecule has 0 aliphatic heterocycles. The van der Waals surface area contributed by atoms with Gasteiger partial charge in [0.25, 0.3) is 0 Å². The van der Waals surface area contributed by atoms with Crippen LogP contribution in [-0.2, 0) is 0 Å². The summed E-state index contributed by atoms with van der Waals surface area (Å²) >= 11 is 0. The molecule has 0 aliphatic carbocycles. The largest absolute Gasteiger partial charge is 0.473 e. The van der Waals surface area contributed by atoms with E-state index in [0.717, 1.165) is 12.8 Å². The number of aromatic nitrogens is 4. The van der Waals surface area contributed by atoms with Crippen molar-refractivity contribution in [2.45, 2.75) is 32.8 Å². The van der Waals surface area contributed by atoms with Crippen molar-refractivity contribution in [1.82, 2.24) is 19.9 Å². The second-order valence-corrected chi connectivity index (χ2v) is 3.71. The minimum atomic E-state index is 0.103. The molecule has 0 aliphatic rings. The van der Waals surface area contributed by atoms with Gasteiger partial charge in [0.15, 0.2) is 5.65 Å². The lowest BCUT2D eigenvalue weighted by atomic mass is 10.2. The monoisotopic (exact) mass is 221 g/mol. The molecule has 3 N–H and O–H groups in total. The second kappa shape index (κ2) is 4.34. The number of hydrogen-bond donors (Lipinski definition) is 2. The van der Waals surface area contributed by atoms with E-state index in [1.54, 1.807) is 6.33 Å². The number of ether oxygens (including phenoxy) is 1. The number of H-pyrrole nitrogens is 1. The summed E-state index contributed by atoms with van der Waals surface area (Å²) in [5.41, 5.74) is 6.80. The van der Waals surface area contributed by atoms with E-state index < -0.39 is 0 Å². The van der Waals surface area contributed by atoms with Crippen LogP contribution in [-0.4, -0.2) is 26.0 Å². The molecule has 0 fully saturated rings. The zero-order valence-electron chi connectivity index (χ0n) is 9.40. The molecule has 1 unspecified atom stereocenters. The van der Waals surface area contributed by atoms with E-state index >= 15 is 0 Å². The number of fused-ring (bicyclic) bond motifs is 1. The zero-order valence-corrected chi connectivity index (χ0v) is 9.40. The molecule has 0 saturated heterocycles. The van der Waals surface area contributed by atoms with Gasteiger partial charge >= 0.3 is 0 Å². The molecular formula is C10H15N5O. The van der Waals surface area contributed by atoms with Crippen LogP contribution < -0.4 is 10.5 Å². The zero-order chi connectivity index (χ0) is 11.5. The van der Waals surface area contributed by atoms with Gasteiger partial charge < -0.3 is 15.5 Å². The van der Waals surface area contributed by atoms with Gasteiger partial charge in [-0.3, -0.25) is 0 Å². The van der Waals surface area contributed by atoms with Crippen molar-refractivity contribution in [3.63, 3.8) is 0 Å². The van der Waals surface area contributed by atoms with Crippen molar-refractivity contribution >= 4 is 17.1 Å². The molecule has 0 spiro atoms. The van der Waals surface area contributed by atoms with Crippen molar-refractivity contribution in [3.8, 4) is 5.88 Å². The van der Waals surface area contributed by atoms with Gasteiger partial charge in [0.1, 0.15) is 5.52 Å². The molecule has 16 heavy (non-hydrogen) atoms. The molecule has 2 aromatic heterocycles. The SMILES string of the molecule is CCCC(C)Oc1nc(N)nc2nc[nH]c12. The molecule has 2 aromatic rings. The Morgan fingerprint density at radius 2 is 2.31 bits per heavy atom. The Labute approximate surface area is 93.3 Å². The number of anilines is 1. The van der Waals surface area contributed by atoms with E-state index in [-0.39, 0.29) is 12.1 Å². The van der Waals surface area contributed by atoms with Gasteiger partial charge in [0.05, 0.1) is 12.4 Å². The number of imidazole rings is 1. The highest BCUT2D eigenvalue weighted by atomic mass is 16.5. The highest BCUT2D eigenvalue weighted by Crippen LogP contribution is 2.21. The van der Waals surface area contributed by atoms with E-state index in [4.69, 9.17) is 10.5 Å². The van der Waals surface area contributed by atoms with Crippen LogP contribution in [0.5, 0.6) is 5.88 Å². The number of nitrogens with two attached hydrogens (primary N) is 1. The topological polar surface area (TPSA) is 89.7 Å². The van der Waals surface area contributed by atoms with Crippen LogP contribution >= 0.6 is 0 Å². The van der Waals surface area contributed by atoms with Crippen LogP contribution in [0.4, 0.5) is 5.95 Å². The molecule has 86 valence electrons. The fourth-order valence-electron chi connectivity index (χ4n) is 1.56. The minimum absolute atomic E-state index is 0.103. The first kappa shape index (κ1) is 10.7. The third kappa shape index (κ3) is 2.05. The van der Waals surface area contributed by atoms with E-state index in [1.165, 1.54) is 0 Å². The van der Waals surface area contributed by atoms with Crippen molar-refractivity contribution in [3.05, 3.63) is 6.33 Å². The van der Waals surface area contributed by atoms with Gasteiger partial charge in [-0.25, -0.2) is 4.98 Å². The summed E-state index contributed by atoms with van der Waals surface area (Å²) in [5, 5.41) is 0. The smallest absolute Gasteiger partial charge is 0.245 e. The Morgan fingerprint density at radius 1 is 1.50 bits per heavy atom. The molecule has 6 heteroatoms. The van der Waals surface area contributed by atoms with Gasteiger partial charge in [0, 0.05) is 0 Å². The molecule has 6 nitrogen and oxygen atoms in total. The Morgan fingerprint density at radius 3 is 3.06 bits per heavy atom. The minimum Gasteiger partial charge on any atom is -0.473 e. The van der Waals surface area contributed by atoms with E-state index in [9.17, 15) is 0 Å². The molecule has 0 aromatic carbocycles. The lowest BCUT2D eigenvalue weighted by molar-refractivity contribution is 0.204. The highest BCUT2D eigenvalue weighted by molar-refractivity contribution is 5.76. The van der Waals surface area contributed by atoms with Crippen molar-refractivity contribution in [2.75, 3.05) is 5.73 Å². The number of rotatable bonds is 4. The van der Waals surface area contributed by atoms with Crippen molar-refractivity contribution in [1.29, 1.82) is 0 Å². The van der Waals surface area contributed by atoms with E-state index in [1.807, 2.05) is 6.92 Å². The summed E-state index contributed by atoms with van der Waals surface area (Å²) in [6, 6.07) is 0. The van der Waals surface area contributed by atoms with Crippen molar-refractivity contribution in [2.24, 2.45) is 0 Å². The number of nitrogen functional groups attached to an aromatic ring is 1. The molecule has 2 rings (SSSR count). The molecule has 0 radical (unpaired) electrons.